The van der Waals surface area contributed by atoms with Crippen molar-refractivity contribution in [2.75, 3.05) is 26.9 Å². The van der Waals surface area contributed by atoms with E-state index in [1.165, 1.54) is 0 Å². The molecule has 0 bridgehead atoms. The lowest BCUT2D eigenvalue weighted by Crippen LogP contribution is -2.36. The zero-order valence-electron chi connectivity index (χ0n) is 19.9. The smallest absolute Gasteiger partial charge is 0.417 e. The van der Waals surface area contributed by atoms with Gasteiger partial charge in [-0.3, -0.25) is 0 Å². The first-order chi connectivity index (χ1) is 17.1. The second-order valence-electron chi connectivity index (χ2n) is 8.52. The fraction of sp³-hybridized carbons (Fsp3) is 0.542. The van der Waals surface area contributed by atoms with E-state index in [4.69, 9.17) is 25.8 Å². The number of nitrogens with one attached hydrogen (secondary N) is 1. The van der Waals surface area contributed by atoms with Gasteiger partial charge in [0.05, 0.1) is 17.4 Å². The van der Waals surface area contributed by atoms with Crippen molar-refractivity contribution in [3.05, 3.63) is 46.6 Å². The molecule has 0 atom stereocenters. The second-order valence-corrected chi connectivity index (χ2v) is 11.0. The van der Waals surface area contributed by atoms with Crippen LogP contribution in [0.5, 0.6) is 17.4 Å². The van der Waals surface area contributed by atoms with E-state index in [0.29, 0.717) is 55.5 Å². The quantitative estimate of drug-likeness (QED) is 0.338. The normalized spacial score (nSPS) is 15.1. The van der Waals surface area contributed by atoms with E-state index in [9.17, 15) is 21.6 Å². The van der Waals surface area contributed by atoms with Gasteiger partial charge in [-0.1, -0.05) is 36.9 Å². The number of sulfonamides is 1. The summed E-state index contributed by atoms with van der Waals surface area (Å²) in [6, 6.07) is 5.83. The summed E-state index contributed by atoms with van der Waals surface area (Å²) in [4.78, 5) is 3.74. The summed E-state index contributed by atoms with van der Waals surface area (Å²) < 4.78 is 83.0. The van der Waals surface area contributed by atoms with E-state index >= 15 is 0 Å². The zero-order valence-corrected chi connectivity index (χ0v) is 21.5. The average Bonchev–Trinajstić information content (AvgIpc) is 2.84. The number of alkyl halides is 3. The molecule has 1 N–H and O–H groups in total. The average molecular weight is 551 g/mol. The second kappa shape index (κ2) is 12.9. The molecule has 1 aliphatic rings. The van der Waals surface area contributed by atoms with E-state index in [1.807, 2.05) is 0 Å². The Morgan fingerprint density at radius 2 is 1.89 bits per heavy atom. The van der Waals surface area contributed by atoms with Crippen LogP contribution < -0.4 is 14.2 Å². The predicted molar refractivity (Wildman–Crippen MR) is 130 cm³/mol. The van der Waals surface area contributed by atoms with Crippen molar-refractivity contribution in [1.29, 1.82) is 0 Å². The van der Waals surface area contributed by atoms with Crippen LogP contribution in [0.2, 0.25) is 5.02 Å². The summed E-state index contributed by atoms with van der Waals surface area (Å²) in [5, 5.41) is -0.636. The van der Waals surface area contributed by atoms with E-state index in [-0.39, 0.29) is 29.3 Å². The van der Waals surface area contributed by atoms with Gasteiger partial charge >= 0.3 is 6.18 Å². The van der Waals surface area contributed by atoms with Gasteiger partial charge in [0.15, 0.2) is 0 Å². The lowest BCUT2D eigenvalue weighted by Gasteiger charge is -2.22. The molecule has 3 rings (SSSR count). The van der Waals surface area contributed by atoms with Crippen LogP contribution in [0.25, 0.3) is 0 Å². The van der Waals surface area contributed by atoms with E-state index < -0.39 is 21.8 Å². The minimum Gasteiger partial charge on any atom is -0.491 e. The van der Waals surface area contributed by atoms with Crippen LogP contribution in [-0.2, 0) is 27.4 Å². The Hall–Kier alpha value is -2.08. The van der Waals surface area contributed by atoms with Gasteiger partial charge in [-0.25, -0.2) is 18.1 Å². The molecule has 0 saturated heterocycles. The Morgan fingerprint density at radius 3 is 2.56 bits per heavy atom. The van der Waals surface area contributed by atoms with Gasteiger partial charge in [-0.05, 0) is 43.4 Å². The first kappa shape index (κ1) is 28.5. The molecule has 0 amide bonds. The van der Waals surface area contributed by atoms with Crippen molar-refractivity contribution in [1.82, 2.24) is 9.71 Å². The molecule has 1 aromatic carbocycles. The van der Waals surface area contributed by atoms with Crippen LogP contribution >= 0.6 is 11.6 Å². The Bertz CT molecular complexity index is 1110. The van der Waals surface area contributed by atoms with Crippen molar-refractivity contribution in [2.24, 2.45) is 0 Å². The largest absolute Gasteiger partial charge is 0.491 e. The number of methoxy groups -OCH3 is 1. The number of benzene rings is 1. The number of hydrogen-bond donors (Lipinski definition) is 1. The maximum absolute atomic E-state index is 13.0. The Morgan fingerprint density at radius 1 is 1.14 bits per heavy atom. The molecule has 7 nitrogen and oxygen atoms in total. The number of nitrogens with zero attached hydrogens (tertiary/aromatic N) is 1. The monoisotopic (exact) mass is 550 g/mol. The van der Waals surface area contributed by atoms with Crippen LogP contribution in [-0.4, -0.2) is 45.5 Å². The summed E-state index contributed by atoms with van der Waals surface area (Å²) in [7, 11) is -1.83. The van der Waals surface area contributed by atoms with Crippen molar-refractivity contribution in [3.63, 3.8) is 0 Å². The third kappa shape index (κ3) is 8.22. The number of halogens is 4. The molecule has 0 aliphatic heterocycles. The van der Waals surface area contributed by atoms with Crippen molar-refractivity contribution >= 4 is 21.6 Å². The Labute approximate surface area is 214 Å². The predicted octanol–water partition coefficient (Wildman–Crippen LogP) is 5.76. The van der Waals surface area contributed by atoms with Crippen LogP contribution in [0.3, 0.4) is 0 Å². The van der Waals surface area contributed by atoms with Crippen LogP contribution in [0, 0.1) is 0 Å². The van der Waals surface area contributed by atoms with Crippen LogP contribution in [0.4, 0.5) is 13.2 Å². The number of pyridine rings is 1. The molecular weight excluding hydrogens is 521 g/mol. The highest BCUT2D eigenvalue weighted by molar-refractivity contribution is 7.90. The molecule has 0 spiro atoms. The van der Waals surface area contributed by atoms with Crippen LogP contribution in [0.15, 0.2) is 30.5 Å². The number of rotatable bonds is 12. The van der Waals surface area contributed by atoms with Gasteiger partial charge in [0.25, 0.3) is 0 Å². The molecule has 12 heteroatoms. The molecule has 1 saturated carbocycles. The van der Waals surface area contributed by atoms with Crippen molar-refractivity contribution < 1.29 is 35.8 Å². The molecule has 1 aliphatic carbocycles. The summed E-state index contributed by atoms with van der Waals surface area (Å²) in [5.41, 5.74) is -0.286. The maximum atomic E-state index is 13.0. The summed E-state index contributed by atoms with van der Waals surface area (Å²) in [6.45, 7) is 0.909. The minimum atomic E-state index is -4.58. The van der Waals surface area contributed by atoms with Gasteiger partial charge in [0, 0.05) is 25.9 Å². The van der Waals surface area contributed by atoms with Gasteiger partial charge in [-0.2, -0.15) is 13.2 Å². The van der Waals surface area contributed by atoms with Crippen molar-refractivity contribution in [3.8, 4) is 17.4 Å². The van der Waals surface area contributed by atoms with Gasteiger partial charge < -0.3 is 14.2 Å². The minimum absolute atomic E-state index is 0.182. The highest BCUT2D eigenvalue weighted by atomic mass is 35.5. The fourth-order valence-electron chi connectivity index (χ4n) is 3.92. The summed E-state index contributed by atoms with van der Waals surface area (Å²) in [5.74, 6) is 0.582. The third-order valence-electron chi connectivity index (χ3n) is 5.85. The number of ether oxygens (including phenoxy) is 3. The molecular formula is C24H30ClF3N2O5S. The number of aryl methyl sites for hydroxylation is 1. The van der Waals surface area contributed by atoms with E-state index in [1.54, 1.807) is 25.3 Å². The molecule has 1 heterocycles. The molecule has 1 fully saturated rings. The summed E-state index contributed by atoms with van der Waals surface area (Å²) in [6.07, 6.45) is 1.27. The molecule has 2 aromatic rings. The molecule has 36 heavy (non-hydrogen) atoms. The van der Waals surface area contributed by atoms with Gasteiger partial charge in [0.2, 0.25) is 15.9 Å². The lowest BCUT2D eigenvalue weighted by atomic mass is 10.0. The highest BCUT2D eigenvalue weighted by Gasteiger charge is 2.32. The van der Waals surface area contributed by atoms with Gasteiger partial charge in [0.1, 0.15) is 23.1 Å². The zero-order chi connectivity index (χ0) is 26.2. The molecule has 1 aromatic heterocycles. The Kier molecular flexibility index (Phi) is 10.2. The maximum Gasteiger partial charge on any atom is 0.417 e. The van der Waals surface area contributed by atoms with Crippen LogP contribution in [0.1, 0.15) is 49.7 Å². The molecule has 0 radical (unpaired) electrons. The SMILES string of the molecule is COCCOc1ccc(CCCNS(=O)(=O)C2CCCCC2)c(Oc2ncc(C(F)(F)F)cc2Cl)c1. The van der Waals surface area contributed by atoms with E-state index in [0.717, 1.165) is 25.3 Å². The summed E-state index contributed by atoms with van der Waals surface area (Å²) >= 11 is 6.02. The fourth-order valence-corrected chi connectivity index (χ4v) is 5.74. The third-order valence-corrected chi connectivity index (χ3v) is 8.08. The molecule has 200 valence electrons. The topological polar surface area (TPSA) is 86.8 Å². The van der Waals surface area contributed by atoms with Crippen molar-refractivity contribution in [2.45, 2.75) is 56.4 Å². The first-order valence-electron chi connectivity index (χ1n) is 11.7. The highest BCUT2D eigenvalue weighted by Crippen LogP contribution is 2.36. The van der Waals surface area contributed by atoms with E-state index in [2.05, 4.69) is 9.71 Å². The Balaban J connectivity index is 1.70. The number of aromatic nitrogens is 1. The number of hydrogen-bond acceptors (Lipinski definition) is 6. The first-order valence-corrected chi connectivity index (χ1v) is 13.7. The van der Waals surface area contributed by atoms with Gasteiger partial charge in [-0.15, -0.1) is 0 Å². The molecule has 0 unspecified atom stereocenters. The lowest BCUT2D eigenvalue weighted by molar-refractivity contribution is -0.137. The standard InChI is InChI=1S/C24H30ClF3N2O5S/c1-33-12-13-34-19-10-9-17(6-5-11-30-36(31,32)20-7-3-2-4-8-20)22(15-19)35-23-21(25)14-18(16-29-23)24(26,27)28/h9-10,14-16,20,30H,2-8,11-13H2,1H3.